The third-order valence-corrected chi connectivity index (χ3v) is 4.35. The van der Waals surface area contributed by atoms with Crippen molar-refractivity contribution in [1.82, 2.24) is 0 Å². The minimum atomic E-state index is 0.244. The van der Waals surface area contributed by atoms with Gasteiger partial charge in [0.1, 0.15) is 0 Å². The molecule has 0 amide bonds. The van der Waals surface area contributed by atoms with Gasteiger partial charge in [-0.1, -0.05) is 37.2 Å². The molecule has 1 heterocycles. The first kappa shape index (κ1) is 13.3. The molecule has 2 rings (SSSR count). The van der Waals surface area contributed by atoms with Gasteiger partial charge in [-0.15, -0.1) is 0 Å². The zero-order chi connectivity index (χ0) is 13.2. The van der Waals surface area contributed by atoms with Crippen molar-refractivity contribution in [2.75, 3.05) is 17.6 Å². The Morgan fingerprint density at radius 3 is 2.89 bits per heavy atom. The maximum absolute atomic E-state index is 8.87. The third-order valence-electron chi connectivity index (χ3n) is 2.59. The smallest absolute Gasteiger partial charge is 0.161 e. The van der Waals surface area contributed by atoms with E-state index in [0.717, 1.165) is 23.2 Å². The lowest BCUT2D eigenvalue weighted by Crippen LogP contribution is -2.27. The summed E-state index contributed by atoms with van der Waals surface area (Å²) in [5.74, 6) is 1.02. The Hall–Kier alpha value is -1.18. The van der Waals surface area contributed by atoms with Gasteiger partial charge in [0.15, 0.2) is 5.17 Å². The van der Waals surface area contributed by atoms with E-state index in [1.807, 2.05) is 0 Å². The summed E-state index contributed by atoms with van der Waals surface area (Å²) >= 11 is 7.78. The average molecular weight is 280 g/mol. The van der Waals surface area contributed by atoms with Crippen LogP contribution in [-0.4, -0.2) is 17.5 Å². The van der Waals surface area contributed by atoms with Crippen molar-refractivity contribution in [3.05, 3.63) is 28.8 Å². The van der Waals surface area contributed by atoms with Gasteiger partial charge in [0.25, 0.3) is 0 Å². The topological polar surface area (TPSA) is 48.2 Å². The zero-order valence-electron chi connectivity index (χ0n) is 10.3. The molecular formula is C13H14ClN3S. The minimum Gasteiger partial charge on any atom is -0.334 e. The molecule has 0 bridgehead atoms. The monoisotopic (exact) mass is 279 g/mol. The summed E-state index contributed by atoms with van der Waals surface area (Å²) in [5, 5.41) is 13.5. The first-order chi connectivity index (χ1) is 8.50. The number of benzene rings is 1. The molecule has 0 atom stereocenters. The van der Waals surface area contributed by atoms with Crippen molar-refractivity contribution in [2.24, 2.45) is 10.4 Å². The highest BCUT2D eigenvalue weighted by Crippen LogP contribution is 2.30. The van der Waals surface area contributed by atoms with Crippen LogP contribution in [0.3, 0.4) is 0 Å². The van der Waals surface area contributed by atoms with Crippen LogP contribution in [0, 0.1) is 16.7 Å². The highest BCUT2D eigenvalue weighted by Gasteiger charge is 2.23. The van der Waals surface area contributed by atoms with Gasteiger partial charge in [-0.2, -0.15) is 5.26 Å². The first-order valence-electron chi connectivity index (χ1n) is 5.64. The summed E-state index contributed by atoms with van der Waals surface area (Å²) in [6.45, 7) is 5.20. The second-order valence-electron chi connectivity index (χ2n) is 5.01. The molecule has 0 aromatic heterocycles. The highest BCUT2D eigenvalue weighted by molar-refractivity contribution is 8.14. The Balaban J connectivity index is 2.16. The van der Waals surface area contributed by atoms with Crippen molar-refractivity contribution < 1.29 is 0 Å². The van der Waals surface area contributed by atoms with E-state index in [4.69, 9.17) is 16.9 Å². The van der Waals surface area contributed by atoms with Crippen LogP contribution in [-0.2, 0) is 0 Å². The van der Waals surface area contributed by atoms with Gasteiger partial charge in [-0.25, -0.2) is 0 Å². The van der Waals surface area contributed by atoms with E-state index in [1.54, 1.807) is 30.0 Å². The number of thioether (sulfide) groups is 1. The van der Waals surface area contributed by atoms with Gasteiger partial charge >= 0.3 is 0 Å². The normalized spacial score (nSPS) is 17.8. The van der Waals surface area contributed by atoms with Gasteiger partial charge in [0.2, 0.25) is 0 Å². The molecule has 0 spiro atoms. The molecule has 1 aromatic carbocycles. The molecule has 0 aliphatic carbocycles. The van der Waals surface area contributed by atoms with Crippen LogP contribution >= 0.6 is 23.4 Å². The predicted molar refractivity (Wildman–Crippen MR) is 78.3 cm³/mol. The van der Waals surface area contributed by atoms with E-state index in [2.05, 4.69) is 30.2 Å². The zero-order valence-corrected chi connectivity index (χ0v) is 11.9. The largest absolute Gasteiger partial charge is 0.334 e. The van der Waals surface area contributed by atoms with E-state index in [1.165, 1.54) is 0 Å². The fourth-order valence-electron chi connectivity index (χ4n) is 1.52. The Bertz CT molecular complexity index is 532. The van der Waals surface area contributed by atoms with Gasteiger partial charge in [0, 0.05) is 12.3 Å². The Kier molecular flexibility index (Phi) is 3.84. The number of nitriles is 1. The molecule has 94 valence electrons. The molecule has 1 aromatic rings. The molecule has 1 N–H and O–H groups in total. The molecular weight excluding hydrogens is 266 g/mol. The molecule has 0 unspecified atom stereocenters. The number of hydrogen-bond donors (Lipinski definition) is 1. The lowest BCUT2D eigenvalue weighted by Gasteiger charge is -2.27. The van der Waals surface area contributed by atoms with Gasteiger partial charge in [0.05, 0.1) is 22.3 Å². The van der Waals surface area contributed by atoms with Crippen LogP contribution < -0.4 is 5.32 Å². The molecule has 0 fully saturated rings. The average Bonchev–Trinajstić information content (AvgIpc) is 2.34. The van der Waals surface area contributed by atoms with E-state index >= 15 is 0 Å². The van der Waals surface area contributed by atoms with E-state index < -0.39 is 0 Å². The van der Waals surface area contributed by atoms with E-state index in [0.29, 0.717) is 10.6 Å². The predicted octanol–water partition coefficient (Wildman–Crippen LogP) is 3.75. The van der Waals surface area contributed by atoms with Crippen LogP contribution in [0.2, 0.25) is 5.02 Å². The Morgan fingerprint density at radius 1 is 1.50 bits per heavy atom. The van der Waals surface area contributed by atoms with Crippen LogP contribution in [0.1, 0.15) is 19.4 Å². The van der Waals surface area contributed by atoms with Crippen LogP contribution in [0.5, 0.6) is 0 Å². The van der Waals surface area contributed by atoms with Gasteiger partial charge in [-0.05, 0) is 23.6 Å². The van der Waals surface area contributed by atoms with Crippen molar-refractivity contribution in [3.63, 3.8) is 0 Å². The third kappa shape index (κ3) is 3.18. The van der Waals surface area contributed by atoms with Crippen LogP contribution in [0.15, 0.2) is 23.2 Å². The molecule has 0 saturated carbocycles. The number of hydrogen-bond acceptors (Lipinski definition) is 4. The summed E-state index contributed by atoms with van der Waals surface area (Å²) in [5.41, 5.74) is 1.57. The lowest BCUT2D eigenvalue weighted by atomic mass is 9.97. The molecule has 0 saturated heterocycles. The molecule has 5 heteroatoms. The molecule has 3 nitrogen and oxygen atoms in total. The molecule has 18 heavy (non-hydrogen) atoms. The number of halogens is 1. The summed E-state index contributed by atoms with van der Waals surface area (Å²) in [6, 6.07) is 7.26. The number of anilines is 1. The maximum Gasteiger partial charge on any atom is 0.161 e. The highest BCUT2D eigenvalue weighted by atomic mass is 35.5. The maximum atomic E-state index is 8.87. The van der Waals surface area contributed by atoms with E-state index in [-0.39, 0.29) is 5.41 Å². The quantitative estimate of drug-likeness (QED) is 0.852. The Labute approximate surface area is 116 Å². The van der Waals surface area contributed by atoms with Gasteiger partial charge < -0.3 is 5.32 Å². The summed E-state index contributed by atoms with van der Waals surface area (Å²) < 4.78 is 0. The SMILES string of the molecule is CC1(C)CN=C(Nc2cc(C#N)ccc2Cl)SC1. The number of aliphatic imine (C=N–C) groups is 1. The summed E-state index contributed by atoms with van der Waals surface area (Å²) in [4.78, 5) is 4.50. The van der Waals surface area contributed by atoms with Crippen molar-refractivity contribution in [3.8, 4) is 6.07 Å². The Morgan fingerprint density at radius 2 is 2.28 bits per heavy atom. The first-order valence-corrected chi connectivity index (χ1v) is 7.00. The standard InChI is InChI=1S/C13H14ClN3S/c1-13(2)7-16-12(18-8-13)17-11-5-9(6-15)3-4-10(11)14/h3-5H,7-8H2,1-2H3,(H,16,17). The number of amidine groups is 1. The summed E-state index contributed by atoms with van der Waals surface area (Å²) in [7, 11) is 0. The van der Waals surface area contributed by atoms with Crippen LogP contribution in [0.4, 0.5) is 5.69 Å². The van der Waals surface area contributed by atoms with Crippen molar-refractivity contribution in [2.45, 2.75) is 13.8 Å². The molecule has 1 aliphatic heterocycles. The number of nitrogens with one attached hydrogen (secondary N) is 1. The number of nitrogens with zero attached hydrogens (tertiary/aromatic N) is 2. The minimum absolute atomic E-state index is 0.244. The second kappa shape index (κ2) is 5.21. The second-order valence-corrected chi connectivity index (χ2v) is 6.38. The fourth-order valence-corrected chi connectivity index (χ4v) is 2.64. The lowest BCUT2D eigenvalue weighted by molar-refractivity contribution is 0.438. The van der Waals surface area contributed by atoms with Gasteiger partial charge in [-0.3, -0.25) is 4.99 Å². The van der Waals surface area contributed by atoms with Crippen molar-refractivity contribution in [1.29, 1.82) is 5.26 Å². The number of rotatable bonds is 1. The fraction of sp³-hybridized carbons (Fsp3) is 0.385. The van der Waals surface area contributed by atoms with Crippen molar-refractivity contribution >= 4 is 34.2 Å². The molecule has 1 aliphatic rings. The van der Waals surface area contributed by atoms with E-state index in [9.17, 15) is 0 Å². The summed E-state index contributed by atoms with van der Waals surface area (Å²) in [6.07, 6.45) is 0. The molecule has 0 radical (unpaired) electrons. The van der Waals surface area contributed by atoms with Crippen LogP contribution in [0.25, 0.3) is 0 Å².